The molecule has 3 rings (SSSR count). The van der Waals surface area contributed by atoms with Crippen LogP contribution in [-0.2, 0) is 6.18 Å². The van der Waals surface area contributed by atoms with Gasteiger partial charge in [-0.25, -0.2) is 0 Å². The minimum Gasteiger partial charge on any atom is -0.505 e. The van der Waals surface area contributed by atoms with Gasteiger partial charge in [0.25, 0.3) is 5.91 Å². The fourth-order valence-electron chi connectivity index (χ4n) is 2.48. The van der Waals surface area contributed by atoms with E-state index in [0.29, 0.717) is 5.39 Å². The molecular formula is C18H13F3N2O3. The molecule has 0 unspecified atom stereocenters. The van der Waals surface area contributed by atoms with Crippen LogP contribution in [0, 0.1) is 0 Å². The number of hydrogen-bond acceptors (Lipinski definition) is 4. The van der Waals surface area contributed by atoms with E-state index in [1.165, 1.54) is 19.4 Å². The Bertz CT molecular complexity index is 987. The zero-order valence-electron chi connectivity index (χ0n) is 13.5. The van der Waals surface area contributed by atoms with Crippen molar-refractivity contribution in [1.29, 1.82) is 0 Å². The molecule has 0 aliphatic heterocycles. The summed E-state index contributed by atoms with van der Waals surface area (Å²) >= 11 is 0. The molecular weight excluding hydrogens is 349 g/mol. The summed E-state index contributed by atoms with van der Waals surface area (Å²) in [6.45, 7) is 0. The first-order chi connectivity index (χ1) is 12.3. The van der Waals surface area contributed by atoms with Crippen LogP contribution in [0.1, 0.15) is 15.9 Å². The van der Waals surface area contributed by atoms with Crippen molar-refractivity contribution in [3.63, 3.8) is 0 Å². The van der Waals surface area contributed by atoms with Crippen molar-refractivity contribution in [2.24, 2.45) is 0 Å². The number of amides is 1. The van der Waals surface area contributed by atoms with E-state index in [1.807, 2.05) is 0 Å². The molecule has 8 heteroatoms. The van der Waals surface area contributed by atoms with Gasteiger partial charge < -0.3 is 15.2 Å². The second-order valence-corrected chi connectivity index (χ2v) is 5.40. The van der Waals surface area contributed by atoms with Crippen LogP contribution in [-0.4, -0.2) is 23.1 Å². The predicted molar refractivity (Wildman–Crippen MR) is 89.4 cm³/mol. The third-order valence-electron chi connectivity index (χ3n) is 3.77. The van der Waals surface area contributed by atoms with Crippen molar-refractivity contribution in [2.45, 2.75) is 6.18 Å². The highest BCUT2D eigenvalue weighted by atomic mass is 19.4. The average molecular weight is 362 g/mol. The van der Waals surface area contributed by atoms with Crippen LogP contribution < -0.4 is 10.1 Å². The number of aromatic nitrogens is 1. The Hall–Kier alpha value is -3.29. The number of alkyl halides is 3. The van der Waals surface area contributed by atoms with Gasteiger partial charge >= 0.3 is 6.18 Å². The molecule has 0 saturated carbocycles. The zero-order chi connectivity index (χ0) is 18.9. The molecule has 0 atom stereocenters. The first-order valence-electron chi connectivity index (χ1n) is 7.44. The molecule has 3 aromatic rings. The quantitative estimate of drug-likeness (QED) is 0.732. The third-order valence-corrected chi connectivity index (χ3v) is 3.77. The van der Waals surface area contributed by atoms with Gasteiger partial charge in [0.05, 0.1) is 23.9 Å². The molecule has 1 aromatic heterocycles. The van der Waals surface area contributed by atoms with E-state index in [4.69, 9.17) is 4.74 Å². The first kappa shape index (κ1) is 17.5. The van der Waals surface area contributed by atoms with Gasteiger partial charge in [0, 0.05) is 11.6 Å². The van der Waals surface area contributed by atoms with Crippen molar-refractivity contribution in [3.8, 4) is 11.5 Å². The summed E-state index contributed by atoms with van der Waals surface area (Å²) in [4.78, 5) is 16.5. The maximum absolute atomic E-state index is 12.9. The molecule has 1 amide bonds. The van der Waals surface area contributed by atoms with Crippen molar-refractivity contribution >= 4 is 22.5 Å². The van der Waals surface area contributed by atoms with Gasteiger partial charge in [-0.2, -0.15) is 13.2 Å². The topological polar surface area (TPSA) is 71.5 Å². The number of halogens is 3. The van der Waals surface area contributed by atoms with Gasteiger partial charge in [0.2, 0.25) is 0 Å². The highest BCUT2D eigenvalue weighted by Gasteiger charge is 2.31. The van der Waals surface area contributed by atoms with Crippen LogP contribution in [0.4, 0.5) is 18.9 Å². The first-order valence-corrected chi connectivity index (χ1v) is 7.44. The Labute approximate surface area is 146 Å². The van der Waals surface area contributed by atoms with Crippen molar-refractivity contribution < 1.29 is 27.8 Å². The fourth-order valence-corrected chi connectivity index (χ4v) is 2.48. The monoisotopic (exact) mass is 362 g/mol. The summed E-state index contributed by atoms with van der Waals surface area (Å²) in [5, 5.41) is 13.2. The van der Waals surface area contributed by atoms with E-state index in [-0.39, 0.29) is 28.3 Å². The van der Waals surface area contributed by atoms with Crippen molar-refractivity contribution in [3.05, 3.63) is 59.8 Å². The molecule has 2 aromatic carbocycles. The molecule has 0 saturated heterocycles. The molecule has 0 aliphatic carbocycles. The molecule has 5 nitrogen and oxygen atoms in total. The van der Waals surface area contributed by atoms with Crippen molar-refractivity contribution in [2.75, 3.05) is 12.4 Å². The highest BCUT2D eigenvalue weighted by Crippen LogP contribution is 2.35. The second kappa shape index (κ2) is 6.55. The smallest absolute Gasteiger partial charge is 0.416 e. The van der Waals surface area contributed by atoms with Gasteiger partial charge in [0.15, 0.2) is 5.75 Å². The van der Waals surface area contributed by atoms with Crippen LogP contribution in [0.15, 0.2) is 48.7 Å². The van der Waals surface area contributed by atoms with Gasteiger partial charge in [-0.1, -0.05) is 12.1 Å². The molecule has 26 heavy (non-hydrogen) atoms. The van der Waals surface area contributed by atoms with Crippen LogP contribution in [0.2, 0.25) is 0 Å². The number of ether oxygens (including phenoxy) is 1. The number of benzene rings is 2. The van der Waals surface area contributed by atoms with E-state index in [0.717, 1.165) is 18.2 Å². The number of phenols is 1. The summed E-state index contributed by atoms with van der Waals surface area (Å²) in [7, 11) is 1.27. The lowest BCUT2D eigenvalue weighted by molar-refractivity contribution is -0.137. The summed E-state index contributed by atoms with van der Waals surface area (Å²) in [5.74, 6) is -1.08. The van der Waals surface area contributed by atoms with Crippen molar-refractivity contribution in [1.82, 2.24) is 4.98 Å². The van der Waals surface area contributed by atoms with E-state index >= 15 is 0 Å². The maximum Gasteiger partial charge on any atom is 0.416 e. The number of pyridine rings is 1. The molecule has 0 fully saturated rings. The lowest BCUT2D eigenvalue weighted by atomic mass is 10.1. The number of aromatic hydroxyl groups is 1. The summed E-state index contributed by atoms with van der Waals surface area (Å²) < 4.78 is 43.7. The minimum atomic E-state index is -4.57. The number of phenolic OH excluding ortho intramolecular Hbond substituents is 1. The molecule has 0 aliphatic rings. The Morgan fingerprint density at radius 3 is 2.65 bits per heavy atom. The molecule has 0 bridgehead atoms. The normalized spacial score (nSPS) is 11.4. The Balaban J connectivity index is 1.99. The third kappa shape index (κ3) is 3.26. The number of fused-ring (bicyclic) bond motifs is 1. The summed E-state index contributed by atoms with van der Waals surface area (Å²) in [6, 6.07) is 9.07. The minimum absolute atomic E-state index is 0.0600. The predicted octanol–water partition coefficient (Wildman–Crippen LogP) is 4.22. The second-order valence-electron chi connectivity index (χ2n) is 5.40. The standard InChI is InChI=1S/C18H13F3N2O3/c1-26-14-7-5-11(18(19,20)21)9-13(14)23-17(25)12-6-4-10-3-2-8-22-15(10)16(12)24/h2-9,24H,1H3,(H,23,25). The summed E-state index contributed by atoms with van der Waals surface area (Å²) in [6.07, 6.45) is -3.11. The lowest BCUT2D eigenvalue weighted by Gasteiger charge is -2.14. The van der Waals surface area contributed by atoms with Gasteiger partial charge in [-0.3, -0.25) is 9.78 Å². The Morgan fingerprint density at radius 1 is 1.19 bits per heavy atom. The van der Waals surface area contributed by atoms with Gasteiger partial charge in [-0.05, 0) is 30.3 Å². The average Bonchev–Trinajstić information content (AvgIpc) is 2.61. The Morgan fingerprint density at radius 2 is 1.96 bits per heavy atom. The largest absolute Gasteiger partial charge is 0.505 e. The van der Waals surface area contributed by atoms with Crippen LogP contribution >= 0.6 is 0 Å². The molecule has 2 N–H and O–H groups in total. The van der Waals surface area contributed by atoms with E-state index in [9.17, 15) is 23.1 Å². The molecule has 0 spiro atoms. The van der Waals surface area contributed by atoms with Crippen LogP contribution in [0.5, 0.6) is 11.5 Å². The zero-order valence-corrected chi connectivity index (χ0v) is 13.5. The van der Waals surface area contributed by atoms with E-state index < -0.39 is 17.6 Å². The highest BCUT2D eigenvalue weighted by molar-refractivity contribution is 6.09. The number of methoxy groups -OCH3 is 1. The number of nitrogens with one attached hydrogen (secondary N) is 1. The number of hydrogen-bond donors (Lipinski definition) is 2. The molecule has 134 valence electrons. The molecule has 0 radical (unpaired) electrons. The number of carbonyl (C=O) groups is 1. The SMILES string of the molecule is COc1ccc(C(F)(F)F)cc1NC(=O)c1ccc2cccnc2c1O. The fraction of sp³-hybridized carbons (Fsp3) is 0.111. The number of rotatable bonds is 3. The maximum atomic E-state index is 12.9. The summed E-state index contributed by atoms with van der Waals surface area (Å²) in [5.41, 5.74) is -0.988. The number of nitrogens with zero attached hydrogens (tertiary/aromatic N) is 1. The van der Waals surface area contributed by atoms with Crippen LogP contribution in [0.3, 0.4) is 0 Å². The lowest BCUT2D eigenvalue weighted by Crippen LogP contribution is -2.14. The number of carbonyl (C=O) groups excluding carboxylic acids is 1. The van der Waals surface area contributed by atoms with E-state index in [1.54, 1.807) is 18.2 Å². The van der Waals surface area contributed by atoms with Gasteiger partial charge in [0.1, 0.15) is 11.3 Å². The Kier molecular flexibility index (Phi) is 4.41. The molecule has 1 heterocycles. The number of anilines is 1. The van der Waals surface area contributed by atoms with Gasteiger partial charge in [-0.15, -0.1) is 0 Å². The van der Waals surface area contributed by atoms with E-state index in [2.05, 4.69) is 10.3 Å². The van der Waals surface area contributed by atoms with Crippen LogP contribution in [0.25, 0.3) is 10.9 Å².